The maximum atomic E-state index is 10.9. The number of aliphatic carboxylic acids is 1. The van der Waals surface area contributed by atoms with Gasteiger partial charge < -0.3 is 10.4 Å². The van der Waals surface area contributed by atoms with Crippen molar-refractivity contribution in [1.29, 1.82) is 0 Å². The highest BCUT2D eigenvalue weighted by Gasteiger charge is 2.26. The molecule has 6 heteroatoms. The minimum atomic E-state index is -0.643. The van der Waals surface area contributed by atoms with Crippen LogP contribution < -0.4 is 5.32 Å². The van der Waals surface area contributed by atoms with E-state index in [9.17, 15) is 4.79 Å². The number of aromatic nitrogens is 2. The maximum Gasteiger partial charge on any atom is 0.306 e. The second-order valence-corrected chi connectivity index (χ2v) is 7.36. The van der Waals surface area contributed by atoms with Crippen LogP contribution in [-0.4, -0.2) is 27.0 Å². The molecule has 1 saturated carbocycles. The van der Waals surface area contributed by atoms with Crippen LogP contribution in [0.25, 0.3) is 0 Å². The van der Waals surface area contributed by atoms with Gasteiger partial charge in [-0.05, 0) is 31.6 Å². The Bertz CT molecular complexity index is 459. The molecule has 0 radical (unpaired) electrons. The molecule has 5 nitrogen and oxygen atoms in total. The van der Waals surface area contributed by atoms with Crippen molar-refractivity contribution in [2.45, 2.75) is 51.9 Å². The predicted molar refractivity (Wildman–Crippen MR) is 80.2 cm³/mol. The molecule has 0 atom stereocenters. The zero-order chi connectivity index (χ0) is 14.8. The topological polar surface area (TPSA) is 75.1 Å². The normalized spacial score (nSPS) is 23.6. The molecule has 0 spiro atoms. The third kappa shape index (κ3) is 3.91. The van der Waals surface area contributed by atoms with Gasteiger partial charge in [0.25, 0.3) is 0 Å². The first-order valence-corrected chi connectivity index (χ1v) is 7.94. The van der Waals surface area contributed by atoms with E-state index in [1.807, 2.05) is 0 Å². The lowest BCUT2D eigenvalue weighted by molar-refractivity contribution is -0.143. The summed E-state index contributed by atoms with van der Waals surface area (Å²) in [5, 5.41) is 13.2. The first kappa shape index (κ1) is 15.2. The number of nitrogens with one attached hydrogen (secondary N) is 1. The number of carboxylic acids is 1. The smallest absolute Gasteiger partial charge is 0.306 e. The van der Waals surface area contributed by atoms with Gasteiger partial charge in [0.1, 0.15) is 5.82 Å². The Balaban J connectivity index is 1.79. The van der Waals surface area contributed by atoms with E-state index in [0.717, 1.165) is 43.2 Å². The fraction of sp³-hybridized carbons (Fsp3) is 0.786. The van der Waals surface area contributed by atoms with Crippen molar-refractivity contribution in [3.63, 3.8) is 0 Å². The quantitative estimate of drug-likeness (QED) is 0.893. The lowest BCUT2D eigenvalue weighted by Crippen LogP contribution is -2.25. The highest BCUT2D eigenvalue weighted by Crippen LogP contribution is 2.29. The third-order valence-electron chi connectivity index (χ3n) is 3.83. The van der Waals surface area contributed by atoms with Crippen molar-refractivity contribution in [1.82, 2.24) is 9.36 Å². The summed E-state index contributed by atoms with van der Waals surface area (Å²) in [4.78, 5) is 15.4. The number of hydrogen-bond donors (Lipinski definition) is 2. The van der Waals surface area contributed by atoms with Gasteiger partial charge >= 0.3 is 5.97 Å². The summed E-state index contributed by atoms with van der Waals surface area (Å²) in [6, 6.07) is 0. The third-order valence-corrected chi connectivity index (χ3v) is 4.51. The molecule has 2 rings (SSSR count). The predicted octanol–water partition coefficient (Wildman–Crippen LogP) is 3.14. The Morgan fingerprint density at radius 1 is 1.35 bits per heavy atom. The highest BCUT2D eigenvalue weighted by molar-refractivity contribution is 7.09. The van der Waals surface area contributed by atoms with Gasteiger partial charge in [0.2, 0.25) is 5.13 Å². The van der Waals surface area contributed by atoms with Gasteiger partial charge in [-0.2, -0.15) is 4.37 Å². The molecule has 0 amide bonds. The number of carboxylic acid groups (broad SMARTS) is 1. The molecule has 1 aromatic heterocycles. The van der Waals surface area contributed by atoms with Crippen LogP contribution in [-0.2, 0) is 10.2 Å². The SMILES string of the molecule is CC(C)(C)c1nsc(NCC2CCC(C(=O)O)CC2)n1. The Morgan fingerprint density at radius 2 is 2.00 bits per heavy atom. The van der Waals surface area contributed by atoms with Crippen molar-refractivity contribution < 1.29 is 9.90 Å². The Morgan fingerprint density at radius 3 is 2.50 bits per heavy atom. The van der Waals surface area contributed by atoms with Crippen LogP contribution in [0.2, 0.25) is 0 Å². The van der Waals surface area contributed by atoms with E-state index in [-0.39, 0.29) is 11.3 Å². The van der Waals surface area contributed by atoms with E-state index in [0.29, 0.717) is 5.92 Å². The molecule has 1 fully saturated rings. The first-order valence-electron chi connectivity index (χ1n) is 7.17. The van der Waals surface area contributed by atoms with Gasteiger partial charge in [0, 0.05) is 23.5 Å². The summed E-state index contributed by atoms with van der Waals surface area (Å²) in [6.45, 7) is 7.18. The zero-order valence-corrected chi connectivity index (χ0v) is 13.2. The molecule has 1 aromatic rings. The van der Waals surface area contributed by atoms with Crippen LogP contribution in [0.4, 0.5) is 5.13 Å². The van der Waals surface area contributed by atoms with Gasteiger partial charge in [0.05, 0.1) is 5.92 Å². The minimum absolute atomic E-state index is 0.0179. The number of rotatable bonds is 4. The Labute approximate surface area is 124 Å². The van der Waals surface area contributed by atoms with Gasteiger partial charge in [0.15, 0.2) is 0 Å². The molecule has 0 bridgehead atoms. The largest absolute Gasteiger partial charge is 0.481 e. The molecule has 0 unspecified atom stereocenters. The summed E-state index contributed by atoms with van der Waals surface area (Å²) < 4.78 is 4.38. The van der Waals surface area contributed by atoms with E-state index in [2.05, 4.69) is 35.4 Å². The molecule has 1 heterocycles. The molecule has 0 aliphatic heterocycles. The fourth-order valence-electron chi connectivity index (χ4n) is 2.45. The van der Waals surface area contributed by atoms with E-state index in [1.54, 1.807) is 0 Å². The van der Waals surface area contributed by atoms with Crippen molar-refractivity contribution in [3.05, 3.63) is 5.82 Å². The molecule has 1 aliphatic rings. The van der Waals surface area contributed by atoms with Crippen LogP contribution in [0.15, 0.2) is 0 Å². The van der Waals surface area contributed by atoms with Crippen molar-refractivity contribution in [2.75, 3.05) is 11.9 Å². The molecule has 0 saturated heterocycles. The average molecular weight is 297 g/mol. The summed E-state index contributed by atoms with van der Waals surface area (Å²) in [5.41, 5.74) is -0.0179. The standard InChI is InChI=1S/C14H23N3O2S/c1-14(2,3)12-16-13(20-17-12)15-8-9-4-6-10(7-5-9)11(18)19/h9-10H,4-8H2,1-3H3,(H,18,19)(H,15,16,17). The van der Waals surface area contributed by atoms with E-state index in [1.165, 1.54) is 11.5 Å². The van der Waals surface area contributed by atoms with E-state index in [4.69, 9.17) is 5.11 Å². The lowest BCUT2D eigenvalue weighted by Gasteiger charge is -2.25. The van der Waals surface area contributed by atoms with Crippen molar-refractivity contribution in [2.24, 2.45) is 11.8 Å². The molecule has 112 valence electrons. The van der Waals surface area contributed by atoms with Crippen LogP contribution in [0.1, 0.15) is 52.3 Å². The molecule has 2 N–H and O–H groups in total. The summed E-state index contributed by atoms with van der Waals surface area (Å²) in [7, 11) is 0. The summed E-state index contributed by atoms with van der Waals surface area (Å²) in [5.74, 6) is 0.641. The van der Waals surface area contributed by atoms with Gasteiger partial charge in [-0.15, -0.1) is 0 Å². The van der Waals surface area contributed by atoms with Gasteiger partial charge in [-0.25, -0.2) is 4.98 Å². The highest BCUT2D eigenvalue weighted by atomic mass is 32.1. The Kier molecular flexibility index (Phi) is 4.62. The molecular formula is C14H23N3O2S. The number of carbonyl (C=O) groups is 1. The number of hydrogen-bond acceptors (Lipinski definition) is 5. The first-order chi connectivity index (χ1) is 9.36. The Hall–Kier alpha value is -1.17. The summed E-state index contributed by atoms with van der Waals surface area (Å²) in [6.07, 6.45) is 3.56. The summed E-state index contributed by atoms with van der Waals surface area (Å²) >= 11 is 1.40. The second kappa shape index (κ2) is 6.08. The lowest BCUT2D eigenvalue weighted by atomic mass is 9.82. The fourth-order valence-corrected chi connectivity index (χ4v) is 3.21. The molecule has 0 aromatic carbocycles. The van der Waals surface area contributed by atoms with Crippen molar-refractivity contribution >= 4 is 22.6 Å². The number of nitrogens with zero attached hydrogens (tertiary/aromatic N) is 2. The monoisotopic (exact) mass is 297 g/mol. The zero-order valence-electron chi connectivity index (χ0n) is 12.3. The van der Waals surface area contributed by atoms with Crippen LogP contribution >= 0.6 is 11.5 Å². The van der Waals surface area contributed by atoms with E-state index < -0.39 is 5.97 Å². The second-order valence-electron chi connectivity index (χ2n) is 6.61. The van der Waals surface area contributed by atoms with Crippen LogP contribution in [0.5, 0.6) is 0 Å². The number of anilines is 1. The van der Waals surface area contributed by atoms with Gasteiger partial charge in [-0.1, -0.05) is 20.8 Å². The molecular weight excluding hydrogens is 274 g/mol. The minimum Gasteiger partial charge on any atom is -0.481 e. The van der Waals surface area contributed by atoms with Crippen LogP contribution in [0.3, 0.4) is 0 Å². The van der Waals surface area contributed by atoms with Crippen molar-refractivity contribution in [3.8, 4) is 0 Å². The average Bonchev–Trinajstić information content (AvgIpc) is 2.85. The molecule has 20 heavy (non-hydrogen) atoms. The van der Waals surface area contributed by atoms with Crippen LogP contribution in [0, 0.1) is 11.8 Å². The molecule has 1 aliphatic carbocycles. The van der Waals surface area contributed by atoms with E-state index >= 15 is 0 Å². The van der Waals surface area contributed by atoms with Gasteiger partial charge in [-0.3, -0.25) is 4.79 Å². The maximum absolute atomic E-state index is 10.9.